The van der Waals surface area contributed by atoms with E-state index in [2.05, 4.69) is 38.9 Å². The Hall–Kier alpha value is -0.920. The highest BCUT2D eigenvalue weighted by Crippen LogP contribution is 2.35. The lowest BCUT2D eigenvalue weighted by molar-refractivity contribution is 0.399. The maximum absolute atomic E-state index is 4.80. The number of hydrogen-bond donors (Lipinski definition) is 0. The minimum Gasteiger partial charge on any atom is -0.241 e. The van der Waals surface area contributed by atoms with Crippen LogP contribution in [0, 0.1) is 0 Å². The first-order valence-corrected chi connectivity index (χ1v) is 6.46. The molecule has 1 aliphatic rings. The average Bonchev–Trinajstić information content (AvgIpc) is 2.14. The third-order valence-electron chi connectivity index (χ3n) is 3.51. The molecule has 16 heavy (non-hydrogen) atoms. The van der Waals surface area contributed by atoms with Crippen molar-refractivity contribution in [2.45, 2.75) is 64.7 Å². The van der Waals surface area contributed by atoms with Crippen LogP contribution in [0.3, 0.4) is 0 Å². The highest BCUT2D eigenvalue weighted by molar-refractivity contribution is 5.25. The van der Waals surface area contributed by atoms with Gasteiger partial charge in [0.2, 0.25) is 0 Å². The van der Waals surface area contributed by atoms with Crippen molar-refractivity contribution < 1.29 is 0 Å². The van der Waals surface area contributed by atoms with Crippen LogP contribution in [0.1, 0.15) is 81.8 Å². The molecule has 0 saturated heterocycles. The molecule has 0 amide bonds. The van der Waals surface area contributed by atoms with Crippen LogP contribution < -0.4 is 0 Å². The summed E-state index contributed by atoms with van der Waals surface area (Å²) < 4.78 is 0. The van der Waals surface area contributed by atoms with E-state index in [1.807, 2.05) is 0 Å². The second-order valence-corrected chi connectivity index (χ2v) is 5.51. The van der Waals surface area contributed by atoms with Crippen molar-refractivity contribution in [1.29, 1.82) is 0 Å². The molecule has 1 fully saturated rings. The highest BCUT2D eigenvalue weighted by Gasteiger charge is 2.24. The van der Waals surface area contributed by atoms with Gasteiger partial charge in [0.25, 0.3) is 0 Å². The Bertz CT molecular complexity index is 365. The molecule has 0 radical (unpaired) electrons. The molecule has 2 nitrogen and oxygen atoms in total. The van der Waals surface area contributed by atoms with Crippen LogP contribution in [0.25, 0.3) is 0 Å². The Labute approximate surface area is 98.5 Å². The average molecular weight is 218 g/mol. The molecule has 0 aromatic carbocycles. The molecule has 2 rings (SSSR count). The molecule has 1 saturated carbocycles. The zero-order chi connectivity index (χ0) is 11.7. The summed E-state index contributed by atoms with van der Waals surface area (Å²) in [6, 6.07) is 0. The summed E-state index contributed by atoms with van der Waals surface area (Å²) in [5, 5.41) is 0. The zero-order valence-corrected chi connectivity index (χ0v) is 10.8. The van der Waals surface area contributed by atoms with Gasteiger partial charge in [0, 0.05) is 12.1 Å². The van der Waals surface area contributed by atoms with Crippen LogP contribution in [0.4, 0.5) is 0 Å². The molecule has 0 atom stereocenters. The van der Waals surface area contributed by atoms with Gasteiger partial charge in [-0.1, -0.05) is 34.1 Å². The van der Waals surface area contributed by atoms with Gasteiger partial charge in [0.15, 0.2) is 0 Å². The van der Waals surface area contributed by atoms with Gasteiger partial charge in [-0.25, -0.2) is 9.97 Å². The van der Waals surface area contributed by atoms with E-state index < -0.39 is 0 Å². The van der Waals surface area contributed by atoms with Crippen LogP contribution in [0.5, 0.6) is 0 Å². The van der Waals surface area contributed by atoms with E-state index in [-0.39, 0.29) is 0 Å². The molecule has 88 valence electrons. The molecular weight excluding hydrogens is 196 g/mol. The first-order valence-electron chi connectivity index (χ1n) is 6.46. The third kappa shape index (κ3) is 2.11. The van der Waals surface area contributed by atoms with Crippen molar-refractivity contribution >= 4 is 0 Å². The van der Waals surface area contributed by atoms with Crippen molar-refractivity contribution in [3.8, 4) is 0 Å². The summed E-state index contributed by atoms with van der Waals surface area (Å²) in [7, 11) is 0. The normalized spacial score (nSPS) is 16.9. The first kappa shape index (κ1) is 11.6. The second kappa shape index (κ2) is 4.52. The van der Waals surface area contributed by atoms with Gasteiger partial charge < -0.3 is 0 Å². The molecular formula is C14H22N2. The summed E-state index contributed by atoms with van der Waals surface area (Å²) in [5.41, 5.74) is 2.57. The second-order valence-electron chi connectivity index (χ2n) is 5.51. The van der Waals surface area contributed by atoms with Crippen LogP contribution >= 0.6 is 0 Å². The molecule has 1 aromatic heterocycles. The Morgan fingerprint density at radius 1 is 1.12 bits per heavy atom. The van der Waals surface area contributed by atoms with Crippen molar-refractivity contribution in [3.05, 3.63) is 23.3 Å². The first-order chi connectivity index (χ1) is 7.59. The number of aromatic nitrogens is 2. The van der Waals surface area contributed by atoms with Crippen LogP contribution in [0.2, 0.25) is 0 Å². The lowest BCUT2D eigenvalue weighted by atomic mass is 9.84. The summed E-state index contributed by atoms with van der Waals surface area (Å²) in [5.74, 6) is 2.74. The molecule has 1 aromatic rings. The van der Waals surface area contributed by atoms with Gasteiger partial charge in [0.1, 0.15) is 5.82 Å². The van der Waals surface area contributed by atoms with E-state index in [9.17, 15) is 0 Å². The monoisotopic (exact) mass is 218 g/mol. The summed E-state index contributed by atoms with van der Waals surface area (Å²) in [4.78, 5) is 9.36. The molecule has 0 unspecified atom stereocenters. The Kier molecular flexibility index (Phi) is 3.27. The molecule has 0 bridgehead atoms. The molecule has 0 aliphatic heterocycles. The Morgan fingerprint density at radius 2 is 1.81 bits per heavy atom. The predicted octanol–water partition coefficient (Wildman–Crippen LogP) is 3.99. The lowest BCUT2D eigenvalue weighted by Crippen LogP contribution is -2.15. The Balaban J connectivity index is 2.35. The van der Waals surface area contributed by atoms with E-state index >= 15 is 0 Å². The fourth-order valence-electron chi connectivity index (χ4n) is 2.19. The third-order valence-corrected chi connectivity index (χ3v) is 3.51. The Morgan fingerprint density at radius 3 is 2.25 bits per heavy atom. The molecule has 0 spiro atoms. The van der Waals surface area contributed by atoms with Crippen molar-refractivity contribution in [2.24, 2.45) is 0 Å². The van der Waals surface area contributed by atoms with Gasteiger partial charge in [-0.15, -0.1) is 0 Å². The van der Waals surface area contributed by atoms with E-state index in [1.54, 1.807) is 0 Å². The van der Waals surface area contributed by atoms with Gasteiger partial charge >= 0.3 is 0 Å². The highest BCUT2D eigenvalue weighted by atomic mass is 14.9. The standard InChI is InChI=1S/C14H22N2/c1-9(2)12-8-15-14(11-6-5-7-11)16-13(12)10(3)4/h8-11H,5-7H2,1-4H3. The van der Waals surface area contributed by atoms with Gasteiger partial charge in [0.05, 0.1) is 5.69 Å². The van der Waals surface area contributed by atoms with Crippen LogP contribution in [0.15, 0.2) is 6.20 Å². The van der Waals surface area contributed by atoms with Crippen molar-refractivity contribution in [3.63, 3.8) is 0 Å². The largest absolute Gasteiger partial charge is 0.241 e. The lowest BCUT2D eigenvalue weighted by Gasteiger charge is -2.25. The molecule has 1 aliphatic carbocycles. The quantitative estimate of drug-likeness (QED) is 0.766. The maximum atomic E-state index is 4.80. The van der Waals surface area contributed by atoms with Gasteiger partial charge in [-0.3, -0.25) is 0 Å². The van der Waals surface area contributed by atoms with E-state index in [4.69, 9.17) is 4.98 Å². The van der Waals surface area contributed by atoms with E-state index in [1.165, 1.54) is 30.5 Å². The molecule has 1 heterocycles. The number of nitrogens with zero attached hydrogens (tertiary/aromatic N) is 2. The summed E-state index contributed by atoms with van der Waals surface area (Å²) in [6.45, 7) is 8.87. The fourth-order valence-corrected chi connectivity index (χ4v) is 2.19. The summed E-state index contributed by atoms with van der Waals surface area (Å²) in [6.07, 6.45) is 5.95. The van der Waals surface area contributed by atoms with Crippen molar-refractivity contribution in [1.82, 2.24) is 9.97 Å². The van der Waals surface area contributed by atoms with Gasteiger partial charge in [-0.05, 0) is 30.2 Å². The predicted molar refractivity (Wildman–Crippen MR) is 66.8 cm³/mol. The molecule has 2 heteroatoms. The number of rotatable bonds is 3. The van der Waals surface area contributed by atoms with Crippen LogP contribution in [-0.2, 0) is 0 Å². The number of hydrogen-bond acceptors (Lipinski definition) is 2. The zero-order valence-electron chi connectivity index (χ0n) is 10.8. The van der Waals surface area contributed by atoms with E-state index in [0.717, 1.165) is 5.82 Å². The minimum absolute atomic E-state index is 0.499. The van der Waals surface area contributed by atoms with Crippen LogP contribution in [-0.4, -0.2) is 9.97 Å². The molecule has 0 N–H and O–H groups in total. The fraction of sp³-hybridized carbons (Fsp3) is 0.714. The van der Waals surface area contributed by atoms with E-state index in [0.29, 0.717) is 17.8 Å². The topological polar surface area (TPSA) is 25.8 Å². The summed E-state index contributed by atoms with van der Waals surface area (Å²) >= 11 is 0. The van der Waals surface area contributed by atoms with Crippen molar-refractivity contribution in [2.75, 3.05) is 0 Å². The smallest absolute Gasteiger partial charge is 0.131 e. The minimum atomic E-state index is 0.499. The van der Waals surface area contributed by atoms with Gasteiger partial charge in [-0.2, -0.15) is 0 Å². The maximum Gasteiger partial charge on any atom is 0.131 e. The SMILES string of the molecule is CC(C)c1cnc(C2CCC2)nc1C(C)C.